The van der Waals surface area contributed by atoms with Gasteiger partial charge in [-0.1, -0.05) is 140 Å². The molecular formula is C45H27N3O. The number of nitrogens with zero attached hydrogens (tertiary/aromatic N) is 3. The Hall–Kier alpha value is -6.65. The van der Waals surface area contributed by atoms with Gasteiger partial charge in [0.05, 0.1) is 22.4 Å². The largest absolute Gasteiger partial charge is 0.455 e. The van der Waals surface area contributed by atoms with Crippen LogP contribution in [-0.2, 0) is 0 Å². The standard InChI is InChI=1S/C45H27N3O/c1-2-10-28(11-3-1)29-18-24-32(25-19-29)45-47-39-16-8-5-14-36(39)42(48-45)30-20-22-31(23-21-30)43-37-27-26-34-33-12-6-9-17-40(33)49-44(34)41(37)35-13-4-7-15-38(35)46-43/h1-27H. The molecular weight excluding hydrogens is 599 g/mol. The first-order valence-corrected chi connectivity index (χ1v) is 16.4. The second-order valence-corrected chi connectivity index (χ2v) is 12.4. The predicted molar refractivity (Wildman–Crippen MR) is 201 cm³/mol. The number of hydrogen-bond acceptors (Lipinski definition) is 4. The van der Waals surface area contributed by atoms with Crippen LogP contribution in [0, 0.1) is 0 Å². The number of para-hydroxylation sites is 3. The molecule has 0 radical (unpaired) electrons. The Morgan fingerprint density at radius 3 is 1.61 bits per heavy atom. The summed E-state index contributed by atoms with van der Waals surface area (Å²) < 4.78 is 6.52. The Labute approximate surface area is 282 Å². The summed E-state index contributed by atoms with van der Waals surface area (Å²) in [5.74, 6) is 0.703. The van der Waals surface area contributed by atoms with Gasteiger partial charge in [0, 0.05) is 49.0 Å². The number of fused-ring (bicyclic) bond motifs is 8. The number of hydrogen-bond donors (Lipinski definition) is 0. The van der Waals surface area contributed by atoms with Crippen LogP contribution in [0.1, 0.15) is 0 Å². The molecule has 4 heteroatoms. The molecule has 0 aliphatic rings. The van der Waals surface area contributed by atoms with E-state index in [1.807, 2.05) is 36.4 Å². The Morgan fingerprint density at radius 2 is 0.857 bits per heavy atom. The molecule has 4 nitrogen and oxygen atoms in total. The average Bonchev–Trinajstić information content (AvgIpc) is 3.56. The molecule has 0 spiro atoms. The lowest BCUT2D eigenvalue weighted by atomic mass is 9.96. The third-order valence-electron chi connectivity index (χ3n) is 9.49. The molecule has 10 rings (SSSR count). The van der Waals surface area contributed by atoms with E-state index in [1.54, 1.807) is 0 Å². The van der Waals surface area contributed by atoms with Crippen molar-refractivity contribution in [2.24, 2.45) is 0 Å². The molecule has 49 heavy (non-hydrogen) atoms. The Morgan fingerprint density at radius 1 is 0.327 bits per heavy atom. The third kappa shape index (κ3) is 4.49. The highest BCUT2D eigenvalue weighted by molar-refractivity contribution is 6.24. The van der Waals surface area contributed by atoms with E-state index in [1.165, 1.54) is 5.56 Å². The minimum Gasteiger partial charge on any atom is -0.455 e. The summed E-state index contributed by atoms with van der Waals surface area (Å²) in [5.41, 5.74) is 10.8. The van der Waals surface area contributed by atoms with E-state index in [4.69, 9.17) is 19.4 Å². The van der Waals surface area contributed by atoms with E-state index < -0.39 is 0 Å². The lowest BCUT2D eigenvalue weighted by molar-refractivity contribution is 0.673. The summed E-state index contributed by atoms with van der Waals surface area (Å²) in [4.78, 5) is 15.3. The highest BCUT2D eigenvalue weighted by Crippen LogP contribution is 2.41. The summed E-state index contributed by atoms with van der Waals surface area (Å²) in [6.07, 6.45) is 0. The summed E-state index contributed by atoms with van der Waals surface area (Å²) >= 11 is 0. The van der Waals surface area contributed by atoms with Gasteiger partial charge < -0.3 is 4.42 Å². The molecule has 0 amide bonds. The highest BCUT2D eigenvalue weighted by atomic mass is 16.3. The molecule has 0 unspecified atom stereocenters. The van der Waals surface area contributed by atoms with Gasteiger partial charge in [-0.2, -0.15) is 0 Å². The van der Waals surface area contributed by atoms with Crippen LogP contribution >= 0.6 is 0 Å². The molecule has 0 saturated heterocycles. The molecule has 7 aromatic carbocycles. The molecule has 228 valence electrons. The summed E-state index contributed by atoms with van der Waals surface area (Å²) in [5, 5.41) is 6.48. The summed E-state index contributed by atoms with van der Waals surface area (Å²) in [6, 6.07) is 56.6. The zero-order chi connectivity index (χ0) is 32.3. The van der Waals surface area contributed by atoms with Gasteiger partial charge in [0.1, 0.15) is 11.2 Å². The molecule has 3 heterocycles. The Bertz CT molecular complexity index is 2860. The normalized spacial score (nSPS) is 11.7. The maximum Gasteiger partial charge on any atom is 0.160 e. The number of pyridine rings is 1. The monoisotopic (exact) mass is 625 g/mol. The van der Waals surface area contributed by atoms with Crippen LogP contribution in [0.25, 0.3) is 99.5 Å². The van der Waals surface area contributed by atoms with Gasteiger partial charge in [0.15, 0.2) is 5.82 Å². The zero-order valence-corrected chi connectivity index (χ0v) is 26.3. The van der Waals surface area contributed by atoms with Crippen molar-refractivity contribution < 1.29 is 4.42 Å². The van der Waals surface area contributed by atoms with Crippen molar-refractivity contribution in [3.8, 4) is 45.0 Å². The zero-order valence-electron chi connectivity index (χ0n) is 26.3. The van der Waals surface area contributed by atoms with Gasteiger partial charge in [-0.05, 0) is 35.4 Å². The van der Waals surface area contributed by atoms with Crippen LogP contribution in [0.15, 0.2) is 168 Å². The van der Waals surface area contributed by atoms with Crippen molar-refractivity contribution in [3.63, 3.8) is 0 Å². The van der Waals surface area contributed by atoms with Gasteiger partial charge in [-0.15, -0.1) is 0 Å². The minimum atomic E-state index is 0.703. The van der Waals surface area contributed by atoms with E-state index in [9.17, 15) is 0 Å². The van der Waals surface area contributed by atoms with Crippen LogP contribution in [0.4, 0.5) is 0 Å². The van der Waals surface area contributed by atoms with Gasteiger partial charge in [0.2, 0.25) is 0 Å². The Kier molecular flexibility index (Phi) is 6.15. The maximum absolute atomic E-state index is 6.52. The lowest BCUT2D eigenvalue weighted by Gasteiger charge is -2.12. The quantitative estimate of drug-likeness (QED) is 0.183. The Balaban J connectivity index is 1.10. The van der Waals surface area contributed by atoms with Crippen LogP contribution in [0.2, 0.25) is 0 Å². The smallest absolute Gasteiger partial charge is 0.160 e. The van der Waals surface area contributed by atoms with E-state index in [0.29, 0.717) is 5.82 Å². The fourth-order valence-electron chi connectivity index (χ4n) is 7.09. The third-order valence-corrected chi connectivity index (χ3v) is 9.49. The second-order valence-electron chi connectivity index (χ2n) is 12.4. The van der Waals surface area contributed by atoms with E-state index >= 15 is 0 Å². The van der Waals surface area contributed by atoms with Crippen molar-refractivity contribution in [1.29, 1.82) is 0 Å². The fourth-order valence-corrected chi connectivity index (χ4v) is 7.09. The summed E-state index contributed by atoms with van der Waals surface area (Å²) in [7, 11) is 0. The van der Waals surface area contributed by atoms with Crippen LogP contribution < -0.4 is 0 Å². The predicted octanol–water partition coefficient (Wildman–Crippen LogP) is 11.9. The van der Waals surface area contributed by atoms with Crippen LogP contribution in [-0.4, -0.2) is 15.0 Å². The second kappa shape index (κ2) is 11.0. The molecule has 0 saturated carbocycles. The maximum atomic E-state index is 6.52. The number of benzene rings is 7. The van der Waals surface area contributed by atoms with E-state index in [-0.39, 0.29) is 0 Å². The number of furan rings is 1. The number of aromatic nitrogens is 3. The van der Waals surface area contributed by atoms with E-state index in [0.717, 1.165) is 88.2 Å². The van der Waals surface area contributed by atoms with Crippen molar-refractivity contribution in [1.82, 2.24) is 15.0 Å². The topological polar surface area (TPSA) is 51.8 Å². The van der Waals surface area contributed by atoms with Gasteiger partial charge in [-0.3, -0.25) is 0 Å². The lowest BCUT2D eigenvalue weighted by Crippen LogP contribution is -1.95. The summed E-state index contributed by atoms with van der Waals surface area (Å²) in [6.45, 7) is 0. The van der Waals surface area contributed by atoms with Gasteiger partial charge >= 0.3 is 0 Å². The fraction of sp³-hybridized carbons (Fsp3) is 0. The molecule has 0 bridgehead atoms. The number of rotatable bonds is 4. The molecule has 3 aromatic heterocycles. The molecule has 0 aliphatic heterocycles. The molecule has 0 N–H and O–H groups in total. The van der Waals surface area contributed by atoms with Crippen molar-refractivity contribution in [2.75, 3.05) is 0 Å². The molecule has 0 aliphatic carbocycles. The first kappa shape index (κ1) is 27.5. The first-order valence-electron chi connectivity index (χ1n) is 16.4. The van der Waals surface area contributed by atoms with Gasteiger partial charge in [-0.25, -0.2) is 15.0 Å². The van der Waals surface area contributed by atoms with Gasteiger partial charge in [0.25, 0.3) is 0 Å². The SMILES string of the molecule is c1ccc(-c2ccc(-c3nc(-c4ccc(-c5nc6ccccc6c6c5ccc5c7ccccc7oc56)cc4)c4ccccc4n3)cc2)cc1. The van der Waals surface area contributed by atoms with Crippen molar-refractivity contribution in [2.45, 2.75) is 0 Å². The molecule has 0 fully saturated rings. The minimum absolute atomic E-state index is 0.703. The molecule has 10 aromatic rings. The van der Waals surface area contributed by atoms with E-state index in [2.05, 4.69) is 127 Å². The van der Waals surface area contributed by atoms with Crippen molar-refractivity contribution in [3.05, 3.63) is 164 Å². The molecule has 0 atom stereocenters. The first-order chi connectivity index (χ1) is 24.3. The van der Waals surface area contributed by atoms with Crippen LogP contribution in [0.3, 0.4) is 0 Å². The highest BCUT2D eigenvalue weighted by Gasteiger charge is 2.18. The van der Waals surface area contributed by atoms with Crippen LogP contribution in [0.5, 0.6) is 0 Å². The van der Waals surface area contributed by atoms with Crippen molar-refractivity contribution >= 4 is 54.5 Å². The average molecular weight is 626 g/mol.